The van der Waals surface area contributed by atoms with Crippen molar-refractivity contribution < 1.29 is 14.2 Å². The lowest BCUT2D eigenvalue weighted by molar-refractivity contribution is -0.0768. The number of unbranched alkanes of at least 4 members (excludes halogenated alkanes) is 3. The smallest absolute Gasteiger partial charge is 0.170 e. The molecule has 192 valence electrons. The van der Waals surface area contributed by atoms with Crippen LogP contribution in [0.15, 0.2) is 91.0 Å². The second kappa shape index (κ2) is 15.2. The van der Waals surface area contributed by atoms with E-state index < -0.39 is 0 Å². The fourth-order valence-corrected chi connectivity index (χ4v) is 7.69. The zero-order chi connectivity index (χ0) is 24.8. The van der Waals surface area contributed by atoms with E-state index in [9.17, 15) is 0 Å². The molecule has 0 saturated carbocycles. The van der Waals surface area contributed by atoms with E-state index in [2.05, 4.69) is 97.9 Å². The third-order valence-electron chi connectivity index (χ3n) is 6.79. The Morgan fingerprint density at radius 3 is 1.81 bits per heavy atom. The molecule has 4 heteroatoms. The lowest BCUT2D eigenvalue weighted by atomic mass is 10.1. The van der Waals surface area contributed by atoms with Gasteiger partial charge in [-0.15, -0.1) is 0 Å². The molecular formula is C32H41O3S+. The third-order valence-corrected chi connectivity index (χ3v) is 9.62. The lowest BCUT2D eigenvalue weighted by Crippen LogP contribution is -2.39. The summed E-state index contributed by atoms with van der Waals surface area (Å²) in [4.78, 5) is 0. The van der Waals surface area contributed by atoms with E-state index in [1.807, 2.05) is 0 Å². The maximum Gasteiger partial charge on any atom is 0.170 e. The van der Waals surface area contributed by atoms with E-state index in [1.165, 1.54) is 48.1 Å². The Morgan fingerprint density at radius 1 is 0.667 bits per heavy atom. The largest absolute Gasteiger partial charge is 0.371 e. The Kier molecular flexibility index (Phi) is 11.4. The average Bonchev–Trinajstić information content (AvgIpc) is 3.26. The van der Waals surface area contributed by atoms with Gasteiger partial charge in [-0.1, -0.05) is 111 Å². The minimum atomic E-state index is 0.0409. The molecule has 0 bridgehead atoms. The van der Waals surface area contributed by atoms with Crippen LogP contribution in [0, 0.1) is 0 Å². The van der Waals surface area contributed by atoms with Crippen molar-refractivity contribution in [3.63, 3.8) is 0 Å². The SMILES string of the molecule is CCCCCC[S+]1C[C@@H](OCc2ccccc2)[C@H](OCc2ccccc2)[C@H]1COCc1ccccc1. The van der Waals surface area contributed by atoms with Crippen LogP contribution in [0.1, 0.15) is 49.3 Å². The molecule has 0 aliphatic carbocycles. The first-order valence-electron chi connectivity index (χ1n) is 13.4. The van der Waals surface area contributed by atoms with Gasteiger partial charge in [-0.3, -0.25) is 0 Å². The van der Waals surface area contributed by atoms with Crippen LogP contribution in [0.25, 0.3) is 0 Å². The Hall–Kier alpha value is -2.11. The van der Waals surface area contributed by atoms with Gasteiger partial charge in [-0.25, -0.2) is 0 Å². The molecule has 4 atom stereocenters. The summed E-state index contributed by atoms with van der Waals surface area (Å²) in [5, 5.41) is 0.361. The van der Waals surface area contributed by atoms with E-state index >= 15 is 0 Å². The summed E-state index contributed by atoms with van der Waals surface area (Å²) >= 11 is 0. The summed E-state index contributed by atoms with van der Waals surface area (Å²) in [6.07, 6.45) is 5.30. The molecule has 1 unspecified atom stereocenters. The van der Waals surface area contributed by atoms with Gasteiger partial charge in [0.05, 0.1) is 26.4 Å². The first kappa shape index (κ1) is 26.9. The number of rotatable bonds is 15. The van der Waals surface area contributed by atoms with Crippen molar-refractivity contribution in [1.29, 1.82) is 0 Å². The predicted molar refractivity (Wildman–Crippen MR) is 151 cm³/mol. The second-order valence-electron chi connectivity index (χ2n) is 9.60. The molecule has 1 fully saturated rings. The van der Waals surface area contributed by atoms with Crippen molar-refractivity contribution in [2.24, 2.45) is 0 Å². The summed E-state index contributed by atoms with van der Waals surface area (Å²) in [7, 11) is 0.223. The molecule has 0 amide bonds. The molecule has 1 heterocycles. The summed E-state index contributed by atoms with van der Waals surface area (Å²) < 4.78 is 19.6. The van der Waals surface area contributed by atoms with Gasteiger partial charge < -0.3 is 14.2 Å². The Balaban J connectivity index is 1.45. The van der Waals surface area contributed by atoms with Crippen molar-refractivity contribution in [2.45, 2.75) is 69.9 Å². The lowest BCUT2D eigenvalue weighted by Gasteiger charge is -2.22. The molecule has 0 aromatic heterocycles. The first-order valence-corrected chi connectivity index (χ1v) is 15.0. The van der Waals surface area contributed by atoms with Crippen LogP contribution < -0.4 is 0 Å². The van der Waals surface area contributed by atoms with Crippen molar-refractivity contribution in [1.82, 2.24) is 0 Å². The highest BCUT2D eigenvalue weighted by molar-refractivity contribution is 7.97. The monoisotopic (exact) mass is 505 g/mol. The number of benzene rings is 3. The molecule has 3 aromatic carbocycles. The van der Waals surface area contributed by atoms with Crippen molar-refractivity contribution in [2.75, 3.05) is 18.1 Å². The van der Waals surface area contributed by atoms with E-state index in [0.717, 1.165) is 12.4 Å². The Labute approximate surface area is 220 Å². The van der Waals surface area contributed by atoms with Crippen molar-refractivity contribution >= 4 is 10.9 Å². The second-order valence-corrected chi connectivity index (χ2v) is 12.0. The van der Waals surface area contributed by atoms with Crippen molar-refractivity contribution in [3.05, 3.63) is 108 Å². The van der Waals surface area contributed by atoms with Gasteiger partial charge in [0.15, 0.2) is 5.25 Å². The highest BCUT2D eigenvalue weighted by atomic mass is 32.2. The van der Waals surface area contributed by atoms with Gasteiger partial charge in [0.2, 0.25) is 0 Å². The van der Waals surface area contributed by atoms with Crippen molar-refractivity contribution in [3.8, 4) is 0 Å². The van der Waals surface area contributed by atoms with E-state index in [0.29, 0.717) is 25.1 Å². The van der Waals surface area contributed by atoms with Crippen LogP contribution in [0.3, 0.4) is 0 Å². The number of ether oxygens (including phenoxy) is 3. The standard InChI is InChI=1S/C32H41O3S/c1-2-3-4-14-21-36-26-30(34-23-28-17-10-6-11-18-28)32(35-24-29-19-12-7-13-20-29)31(36)25-33-22-27-15-8-5-9-16-27/h5-13,15-20,30-32H,2-4,14,21-26H2,1H3/q+1/t30-,31-,32+,36?/m1/s1. The maximum absolute atomic E-state index is 6.67. The van der Waals surface area contributed by atoms with Gasteiger partial charge >= 0.3 is 0 Å². The highest BCUT2D eigenvalue weighted by Crippen LogP contribution is 2.31. The summed E-state index contributed by atoms with van der Waals surface area (Å²) in [6, 6.07) is 31.4. The quantitative estimate of drug-likeness (QED) is 0.165. The van der Waals surface area contributed by atoms with Gasteiger partial charge in [-0.2, -0.15) is 0 Å². The molecule has 3 nitrogen and oxygen atoms in total. The summed E-state index contributed by atoms with van der Waals surface area (Å²) in [5.74, 6) is 2.31. The fraction of sp³-hybridized carbons (Fsp3) is 0.438. The molecular weight excluding hydrogens is 464 g/mol. The molecule has 0 spiro atoms. The highest BCUT2D eigenvalue weighted by Gasteiger charge is 2.52. The molecule has 36 heavy (non-hydrogen) atoms. The normalized spacial score (nSPS) is 21.6. The van der Waals surface area contributed by atoms with Crippen LogP contribution in [0.5, 0.6) is 0 Å². The van der Waals surface area contributed by atoms with Gasteiger partial charge in [-0.05, 0) is 40.4 Å². The van der Waals surface area contributed by atoms with Gasteiger partial charge in [0, 0.05) is 0 Å². The molecule has 3 aromatic rings. The van der Waals surface area contributed by atoms with Crippen LogP contribution in [0.2, 0.25) is 0 Å². The Morgan fingerprint density at radius 2 is 1.22 bits per heavy atom. The number of hydrogen-bond acceptors (Lipinski definition) is 3. The average molecular weight is 506 g/mol. The molecule has 1 aliphatic rings. The first-order chi connectivity index (χ1) is 17.8. The van der Waals surface area contributed by atoms with E-state index in [1.54, 1.807) is 0 Å². The molecule has 4 rings (SSSR count). The zero-order valence-electron chi connectivity index (χ0n) is 21.6. The van der Waals surface area contributed by atoms with Crippen LogP contribution >= 0.6 is 0 Å². The third kappa shape index (κ3) is 8.48. The topological polar surface area (TPSA) is 27.7 Å². The minimum absolute atomic E-state index is 0.0409. The molecule has 1 saturated heterocycles. The molecule has 0 N–H and O–H groups in total. The summed E-state index contributed by atoms with van der Waals surface area (Å²) in [6.45, 7) is 4.88. The molecule has 0 radical (unpaired) electrons. The Bertz CT molecular complexity index is 966. The van der Waals surface area contributed by atoms with E-state index in [4.69, 9.17) is 14.2 Å². The maximum atomic E-state index is 6.67. The fourth-order valence-electron chi connectivity index (χ4n) is 4.77. The van der Waals surface area contributed by atoms with Crippen LogP contribution in [-0.2, 0) is 44.9 Å². The number of hydrogen-bond donors (Lipinski definition) is 0. The minimum Gasteiger partial charge on any atom is -0.371 e. The van der Waals surface area contributed by atoms with Crippen LogP contribution in [0.4, 0.5) is 0 Å². The zero-order valence-corrected chi connectivity index (χ0v) is 22.4. The van der Waals surface area contributed by atoms with Gasteiger partial charge in [0.25, 0.3) is 0 Å². The predicted octanol–water partition coefficient (Wildman–Crippen LogP) is 6.95. The summed E-state index contributed by atoms with van der Waals surface area (Å²) in [5.41, 5.74) is 3.64. The van der Waals surface area contributed by atoms with Gasteiger partial charge in [0.1, 0.15) is 23.7 Å². The molecule has 1 aliphatic heterocycles. The van der Waals surface area contributed by atoms with E-state index in [-0.39, 0.29) is 23.1 Å². The van der Waals surface area contributed by atoms with Crippen LogP contribution in [-0.4, -0.2) is 35.6 Å².